The zero-order valence-electron chi connectivity index (χ0n) is 39.0. The second-order valence-corrected chi connectivity index (χ2v) is 17.7. The van der Waals surface area contributed by atoms with Gasteiger partial charge in [0.25, 0.3) is 0 Å². The minimum absolute atomic E-state index is 0.0257. The number of aliphatic hydroxyl groups excluding tert-OH is 2. The van der Waals surface area contributed by atoms with Crippen LogP contribution in [0, 0.1) is 25.2 Å². The highest BCUT2D eigenvalue weighted by Crippen LogP contribution is 2.37. The maximum absolute atomic E-state index is 11.1. The van der Waals surface area contributed by atoms with Crippen molar-refractivity contribution < 1.29 is 49.0 Å². The van der Waals surface area contributed by atoms with Crippen molar-refractivity contribution in [3.05, 3.63) is 163 Å². The molecule has 2 unspecified atom stereocenters. The first-order chi connectivity index (χ1) is 34.2. The number of nitrogens with one attached hydrogen (secondary N) is 2. The number of aliphatic hydroxyl groups is 2. The fourth-order valence-electron chi connectivity index (χ4n) is 7.68. The van der Waals surface area contributed by atoms with E-state index in [1.807, 2.05) is 50.2 Å². The van der Waals surface area contributed by atoms with Crippen LogP contribution in [0.15, 0.2) is 103 Å². The van der Waals surface area contributed by atoms with Crippen LogP contribution >= 0.6 is 23.2 Å². The number of hydrogen-bond donors (Lipinski definition) is 6. The zero-order chi connectivity index (χ0) is 50.4. The summed E-state index contributed by atoms with van der Waals surface area (Å²) in [5.74, 6) is -0.529. The van der Waals surface area contributed by atoms with Crippen LogP contribution in [0.25, 0.3) is 11.1 Å². The van der Waals surface area contributed by atoms with Crippen LogP contribution in [-0.4, -0.2) is 79.9 Å². The van der Waals surface area contributed by atoms with Gasteiger partial charge >= 0.3 is 11.9 Å². The molecule has 0 radical (unpaired) electrons. The number of benzene rings is 4. The average Bonchev–Trinajstić information content (AvgIpc) is 4.20. The maximum Gasteiger partial charge on any atom is 0.306 e. The van der Waals surface area contributed by atoms with E-state index in [4.69, 9.17) is 52.4 Å². The van der Waals surface area contributed by atoms with Crippen molar-refractivity contribution in [3.63, 3.8) is 0 Å². The van der Waals surface area contributed by atoms with Gasteiger partial charge in [-0.2, -0.15) is 5.26 Å². The van der Waals surface area contributed by atoms with Gasteiger partial charge in [0.2, 0.25) is 0 Å². The van der Waals surface area contributed by atoms with E-state index >= 15 is 0 Å². The summed E-state index contributed by atoms with van der Waals surface area (Å²) in [6.07, 6.45) is 3.59. The molecule has 0 aliphatic carbocycles. The van der Waals surface area contributed by atoms with E-state index in [-0.39, 0.29) is 52.6 Å². The molecule has 2 aromatic heterocycles. The second-order valence-electron chi connectivity index (χ2n) is 16.9. The lowest BCUT2D eigenvalue weighted by Crippen LogP contribution is -2.28. The molecule has 1 aliphatic rings. The minimum atomic E-state index is -1.11. The summed E-state index contributed by atoms with van der Waals surface area (Å²) in [4.78, 5) is 34.9. The van der Waals surface area contributed by atoms with Crippen molar-refractivity contribution in [2.24, 2.45) is 4.99 Å². The molecule has 0 saturated carbocycles. The van der Waals surface area contributed by atoms with Crippen LogP contribution in [-0.2, 0) is 49.1 Å². The van der Waals surface area contributed by atoms with Gasteiger partial charge in [-0.05, 0) is 71.5 Å². The summed E-state index contributed by atoms with van der Waals surface area (Å²) >= 11 is 13.6. The van der Waals surface area contributed by atoms with Crippen LogP contribution in [0.1, 0.15) is 68.5 Å². The number of hydrogen-bond acceptors (Lipinski definition) is 14. The van der Waals surface area contributed by atoms with Crippen molar-refractivity contribution in [1.82, 2.24) is 20.6 Å². The SMILES string of the molecule is Cc1c(COc2cc(OCc3cncc(C#N)c3)c(CNCC(O)CC(=O)O)cc2Cl)cccc1-c1cccc(COc2cc(OCc3cncc(C4=NC4)c3)c(CNCC(O)CC(=O)O)cc2Cl)c1C. The molecule has 18 heteroatoms. The van der Waals surface area contributed by atoms with Crippen LogP contribution in [0.4, 0.5) is 0 Å². The van der Waals surface area contributed by atoms with Gasteiger partial charge in [0.15, 0.2) is 0 Å². The van der Waals surface area contributed by atoms with E-state index in [0.717, 1.165) is 50.2 Å². The number of ether oxygens (including phenoxy) is 4. The summed E-state index contributed by atoms with van der Waals surface area (Å²) in [5, 5.41) is 54.5. The summed E-state index contributed by atoms with van der Waals surface area (Å²) in [6, 6.07) is 24.6. The number of pyridine rings is 2. The van der Waals surface area contributed by atoms with Gasteiger partial charge in [-0.3, -0.25) is 24.5 Å². The van der Waals surface area contributed by atoms with Gasteiger partial charge in [-0.25, -0.2) is 0 Å². The highest BCUT2D eigenvalue weighted by molar-refractivity contribution is 6.32. The molecule has 0 fully saturated rings. The van der Waals surface area contributed by atoms with Crippen molar-refractivity contribution >= 4 is 40.9 Å². The molecule has 4 aromatic carbocycles. The highest BCUT2D eigenvalue weighted by atomic mass is 35.5. The second kappa shape index (κ2) is 24.6. The van der Waals surface area contributed by atoms with Crippen LogP contribution in [0.5, 0.6) is 23.0 Å². The Hall–Kier alpha value is -7.10. The third kappa shape index (κ3) is 14.7. The standard InChI is InChI=1S/C53H52Cl2N6O10/c1-31-36(29-70-50-15-48(68-27-34-9-33(17-56)18-57-19-34)39(11-45(50)54)22-59-24-41(62)13-52(64)65)5-3-7-43(31)44-8-4-6-37(32(44)2)30-71-51-16-49(69-28-35-10-38(21-58-20-35)47-26-61-47)40(12-46(51)55)23-60-25-42(63)14-53(66)67/h3-12,15-16,18-21,41-42,59-60,62-63H,13-14,22-30H2,1-2H3,(H,64,65)(H,66,67). The Balaban J connectivity index is 1.06. The van der Waals surface area contributed by atoms with Gasteiger partial charge in [-0.15, -0.1) is 0 Å². The largest absolute Gasteiger partial charge is 0.488 e. The Labute approximate surface area is 420 Å². The number of rotatable bonds is 26. The number of aliphatic imine (C=N–C) groups is 1. The van der Waals surface area contributed by atoms with E-state index in [0.29, 0.717) is 61.8 Å². The molecule has 0 amide bonds. The summed E-state index contributed by atoms with van der Waals surface area (Å²) in [7, 11) is 0. The summed E-state index contributed by atoms with van der Waals surface area (Å²) in [6.45, 7) is 5.92. The van der Waals surface area contributed by atoms with E-state index in [2.05, 4.69) is 37.7 Å². The van der Waals surface area contributed by atoms with Crippen LogP contribution in [0.2, 0.25) is 10.0 Å². The molecule has 0 spiro atoms. The molecule has 3 heterocycles. The Morgan fingerprint density at radius 3 is 1.58 bits per heavy atom. The normalized spacial score (nSPS) is 12.6. The molecule has 1 aliphatic heterocycles. The van der Waals surface area contributed by atoms with Crippen LogP contribution in [0.3, 0.4) is 0 Å². The van der Waals surface area contributed by atoms with Gasteiger partial charge in [0, 0.05) is 90.9 Å². The van der Waals surface area contributed by atoms with Gasteiger partial charge in [0.1, 0.15) is 55.5 Å². The molecule has 7 rings (SSSR count). The summed E-state index contributed by atoms with van der Waals surface area (Å²) in [5.41, 5.74) is 11.0. The zero-order valence-corrected chi connectivity index (χ0v) is 40.5. The van der Waals surface area contributed by atoms with E-state index in [1.165, 1.54) is 6.20 Å². The first-order valence-electron chi connectivity index (χ1n) is 22.6. The van der Waals surface area contributed by atoms with E-state index in [1.54, 1.807) is 48.9 Å². The molecule has 0 bridgehead atoms. The van der Waals surface area contributed by atoms with Gasteiger partial charge in [0.05, 0.1) is 52.9 Å². The third-order valence-corrected chi connectivity index (χ3v) is 12.1. The predicted molar refractivity (Wildman–Crippen MR) is 266 cm³/mol. The number of carbonyl (C=O) groups is 2. The highest BCUT2D eigenvalue weighted by Gasteiger charge is 2.19. The maximum atomic E-state index is 11.1. The number of carboxylic acid groups (broad SMARTS) is 2. The van der Waals surface area contributed by atoms with E-state index in [9.17, 15) is 25.1 Å². The molecule has 16 nitrogen and oxygen atoms in total. The quantitative estimate of drug-likeness (QED) is 0.0303. The number of aliphatic carboxylic acids is 2. The fraction of sp³-hybridized carbons (Fsp3) is 0.283. The predicted octanol–water partition coefficient (Wildman–Crippen LogP) is 7.91. The molecular weight excluding hydrogens is 952 g/mol. The smallest absolute Gasteiger partial charge is 0.306 e. The first-order valence-corrected chi connectivity index (χ1v) is 23.4. The van der Waals surface area contributed by atoms with Gasteiger partial charge in [-0.1, -0.05) is 59.6 Å². The molecule has 71 heavy (non-hydrogen) atoms. The molecular formula is C53H52Cl2N6O10. The monoisotopic (exact) mass is 1000 g/mol. The summed E-state index contributed by atoms with van der Waals surface area (Å²) < 4.78 is 25.3. The number of carboxylic acids is 2. The average molecular weight is 1000 g/mol. The lowest BCUT2D eigenvalue weighted by atomic mass is 9.92. The Morgan fingerprint density at radius 2 is 1.11 bits per heavy atom. The molecule has 6 aromatic rings. The molecule has 0 saturated heterocycles. The fourth-order valence-corrected chi connectivity index (χ4v) is 8.16. The first kappa shape index (κ1) is 51.7. The molecule has 368 valence electrons. The van der Waals surface area contributed by atoms with Crippen molar-refractivity contribution in [1.29, 1.82) is 5.26 Å². The van der Waals surface area contributed by atoms with Crippen molar-refractivity contribution in [2.45, 2.75) is 78.4 Å². The molecule has 6 N–H and O–H groups in total. The lowest BCUT2D eigenvalue weighted by Gasteiger charge is -2.19. The number of nitrogens with zero attached hydrogens (tertiary/aromatic N) is 4. The lowest BCUT2D eigenvalue weighted by molar-refractivity contribution is -0.140. The molecule has 2 atom stereocenters. The van der Waals surface area contributed by atoms with Gasteiger partial charge < -0.3 is 50.0 Å². The Bertz CT molecular complexity index is 2960. The Kier molecular flexibility index (Phi) is 18.0. The minimum Gasteiger partial charge on any atom is -0.488 e. The third-order valence-electron chi connectivity index (χ3n) is 11.5. The Morgan fingerprint density at radius 1 is 0.648 bits per heavy atom. The number of aromatic nitrogens is 2. The van der Waals surface area contributed by atoms with Crippen LogP contribution < -0.4 is 29.6 Å². The topological polar surface area (TPSA) is 238 Å². The number of nitriles is 1. The van der Waals surface area contributed by atoms with E-state index < -0.39 is 37.0 Å². The van der Waals surface area contributed by atoms with Crippen molar-refractivity contribution in [2.75, 3.05) is 19.6 Å². The van der Waals surface area contributed by atoms with Crippen molar-refractivity contribution in [3.8, 4) is 40.2 Å². The number of halogens is 2.